The van der Waals surface area contributed by atoms with Gasteiger partial charge in [-0.3, -0.25) is 9.59 Å². The van der Waals surface area contributed by atoms with E-state index in [2.05, 4.69) is 0 Å². The van der Waals surface area contributed by atoms with Gasteiger partial charge < -0.3 is 28.4 Å². The zero-order valence-electron chi connectivity index (χ0n) is 16.6. The molecule has 0 spiro atoms. The molecule has 0 unspecified atom stereocenters. The Morgan fingerprint density at radius 3 is 2.46 bits per heavy atom. The van der Waals surface area contributed by atoms with E-state index in [-0.39, 0.29) is 19.6 Å². The van der Waals surface area contributed by atoms with Crippen molar-refractivity contribution in [1.29, 1.82) is 0 Å². The van der Waals surface area contributed by atoms with E-state index in [0.717, 1.165) is 5.56 Å². The molecule has 1 saturated heterocycles. The van der Waals surface area contributed by atoms with Crippen LogP contribution in [0, 0.1) is 0 Å². The molecule has 8 heteroatoms. The van der Waals surface area contributed by atoms with Crippen molar-refractivity contribution in [2.45, 2.75) is 44.9 Å². The molecule has 0 saturated carbocycles. The SMILES string of the molecule is CO[C@H]1C[C@](COCCOCc2ccccc2)(OC(C)=O)[C@@H](COC(C)=O)O1. The van der Waals surface area contributed by atoms with Gasteiger partial charge in [-0.15, -0.1) is 0 Å². The molecule has 0 aromatic heterocycles. The second-order valence-electron chi connectivity index (χ2n) is 6.55. The van der Waals surface area contributed by atoms with Crippen molar-refractivity contribution in [2.24, 2.45) is 0 Å². The molecule has 2 rings (SSSR count). The molecule has 0 bridgehead atoms. The fourth-order valence-corrected chi connectivity index (χ4v) is 2.99. The van der Waals surface area contributed by atoms with E-state index >= 15 is 0 Å². The molecule has 1 aromatic carbocycles. The van der Waals surface area contributed by atoms with Gasteiger partial charge in [0.05, 0.1) is 26.4 Å². The lowest BCUT2D eigenvalue weighted by atomic mass is 9.96. The quantitative estimate of drug-likeness (QED) is 0.414. The summed E-state index contributed by atoms with van der Waals surface area (Å²) in [5, 5.41) is 0. The molecule has 1 aliphatic heterocycles. The van der Waals surface area contributed by atoms with Gasteiger partial charge in [-0.1, -0.05) is 30.3 Å². The van der Waals surface area contributed by atoms with Crippen LogP contribution >= 0.6 is 0 Å². The van der Waals surface area contributed by atoms with E-state index < -0.39 is 29.9 Å². The summed E-state index contributed by atoms with van der Waals surface area (Å²) in [4.78, 5) is 22.8. The maximum atomic E-state index is 11.7. The summed E-state index contributed by atoms with van der Waals surface area (Å²) in [7, 11) is 1.50. The first-order chi connectivity index (χ1) is 13.4. The number of esters is 2. The Hall–Kier alpha value is -2.00. The molecule has 1 aliphatic rings. The van der Waals surface area contributed by atoms with Crippen LogP contribution in [0.5, 0.6) is 0 Å². The van der Waals surface area contributed by atoms with Crippen LogP contribution in [0.15, 0.2) is 30.3 Å². The first-order valence-electron chi connectivity index (χ1n) is 9.16. The number of methoxy groups -OCH3 is 1. The van der Waals surface area contributed by atoms with Gasteiger partial charge in [-0.25, -0.2) is 0 Å². The highest BCUT2D eigenvalue weighted by molar-refractivity contribution is 5.67. The van der Waals surface area contributed by atoms with Crippen LogP contribution in [0.2, 0.25) is 0 Å². The van der Waals surface area contributed by atoms with Gasteiger partial charge in [-0.05, 0) is 5.56 Å². The predicted molar refractivity (Wildman–Crippen MR) is 98.3 cm³/mol. The van der Waals surface area contributed by atoms with Crippen LogP contribution in [0.4, 0.5) is 0 Å². The summed E-state index contributed by atoms with van der Waals surface area (Å²) in [6.45, 7) is 3.82. The van der Waals surface area contributed by atoms with Crippen molar-refractivity contribution in [3.05, 3.63) is 35.9 Å². The number of ether oxygens (including phenoxy) is 6. The monoisotopic (exact) mass is 396 g/mol. The average molecular weight is 396 g/mol. The van der Waals surface area contributed by atoms with Crippen LogP contribution in [0.25, 0.3) is 0 Å². The van der Waals surface area contributed by atoms with Gasteiger partial charge >= 0.3 is 11.9 Å². The molecule has 0 radical (unpaired) electrons. The normalized spacial score (nSPS) is 24.1. The van der Waals surface area contributed by atoms with Crippen molar-refractivity contribution in [3.63, 3.8) is 0 Å². The summed E-state index contributed by atoms with van der Waals surface area (Å²) in [6, 6.07) is 9.82. The van der Waals surface area contributed by atoms with Gasteiger partial charge in [0.25, 0.3) is 0 Å². The number of hydrogen-bond donors (Lipinski definition) is 0. The molecule has 0 N–H and O–H groups in total. The highest BCUT2D eigenvalue weighted by Gasteiger charge is 2.52. The van der Waals surface area contributed by atoms with Gasteiger partial charge in [0.2, 0.25) is 0 Å². The summed E-state index contributed by atoms with van der Waals surface area (Å²) in [6.07, 6.45) is -0.992. The van der Waals surface area contributed by atoms with Gasteiger partial charge in [0.15, 0.2) is 11.9 Å². The summed E-state index contributed by atoms with van der Waals surface area (Å²) >= 11 is 0. The number of carbonyl (C=O) groups excluding carboxylic acids is 2. The largest absolute Gasteiger partial charge is 0.463 e. The zero-order chi connectivity index (χ0) is 20.4. The van der Waals surface area contributed by atoms with E-state index in [1.807, 2.05) is 30.3 Å². The standard InChI is InChI=1S/C20H28O8/c1-15(21)26-13-18-20(28-16(2)22,11-19(23-3)27-18)14-25-10-9-24-12-17-7-5-4-6-8-17/h4-8,18-19H,9-14H2,1-3H3/t18-,19-,20-/m1/s1. The second kappa shape index (κ2) is 11.1. The maximum absolute atomic E-state index is 11.7. The third-order valence-corrected chi connectivity index (χ3v) is 4.29. The Balaban J connectivity index is 1.87. The Morgan fingerprint density at radius 1 is 1.11 bits per heavy atom. The number of rotatable bonds is 11. The average Bonchev–Trinajstić information content (AvgIpc) is 3.00. The molecular weight excluding hydrogens is 368 g/mol. The van der Waals surface area contributed by atoms with Crippen molar-refractivity contribution in [3.8, 4) is 0 Å². The molecule has 156 valence electrons. The summed E-state index contributed by atoms with van der Waals surface area (Å²) in [5.74, 6) is -0.923. The van der Waals surface area contributed by atoms with E-state index in [1.54, 1.807) is 0 Å². The van der Waals surface area contributed by atoms with Crippen LogP contribution in [-0.4, -0.2) is 63.5 Å². The molecule has 1 fully saturated rings. The first kappa shape index (κ1) is 22.3. The van der Waals surface area contributed by atoms with Crippen molar-refractivity contribution >= 4 is 11.9 Å². The van der Waals surface area contributed by atoms with Crippen LogP contribution in [0.3, 0.4) is 0 Å². The van der Waals surface area contributed by atoms with Gasteiger partial charge in [0.1, 0.15) is 12.7 Å². The number of benzene rings is 1. The highest BCUT2D eigenvalue weighted by Crippen LogP contribution is 2.35. The molecule has 1 aromatic rings. The van der Waals surface area contributed by atoms with Gasteiger partial charge in [-0.2, -0.15) is 0 Å². The molecular formula is C20H28O8. The minimum atomic E-state index is -1.10. The fourth-order valence-electron chi connectivity index (χ4n) is 2.99. The summed E-state index contributed by atoms with van der Waals surface area (Å²) < 4.78 is 32.9. The molecule has 3 atom stereocenters. The lowest BCUT2D eigenvalue weighted by molar-refractivity contribution is -0.184. The van der Waals surface area contributed by atoms with Gasteiger partial charge in [0, 0.05) is 27.4 Å². The maximum Gasteiger partial charge on any atom is 0.303 e. The van der Waals surface area contributed by atoms with E-state index in [1.165, 1.54) is 21.0 Å². The van der Waals surface area contributed by atoms with Crippen molar-refractivity contribution in [1.82, 2.24) is 0 Å². The van der Waals surface area contributed by atoms with E-state index in [4.69, 9.17) is 28.4 Å². The Kier molecular flexibility index (Phi) is 8.85. The lowest BCUT2D eigenvalue weighted by Crippen LogP contribution is -2.49. The Labute approximate surface area is 165 Å². The molecule has 0 amide bonds. The van der Waals surface area contributed by atoms with Crippen LogP contribution in [-0.2, 0) is 44.6 Å². The minimum Gasteiger partial charge on any atom is -0.463 e. The Morgan fingerprint density at radius 2 is 1.82 bits per heavy atom. The van der Waals surface area contributed by atoms with Crippen LogP contribution < -0.4 is 0 Å². The van der Waals surface area contributed by atoms with E-state index in [9.17, 15) is 9.59 Å². The molecule has 1 heterocycles. The van der Waals surface area contributed by atoms with Crippen molar-refractivity contribution < 1.29 is 38.0 Å². The smallest absolute Gasteiger partial charge is 0.303 e. The molecule has 28 heavy (non-hydrogen) atoms. The highest BCUT2D eigenvalue weighted by atomic mass is 16.7. The number of carbonyl (C=O) groups is 2. The Bertz CT molecular complexity index is 620. The summed E-state index contributed by atoms with van der Waals surface area (Å²) in [5.41, 5.74) is -0.0195. The zero-order valence-corrected chi connectivity index (χ0v) is 16.6. The van der Waals surface area contributed by atoms with Crippen LogP contribution in [0.1, 0.15) is 25.8 Å². The second-order valence-corrected chi connectivity index (χ2v) is 6.55. The minimum absolute atomic E-state index is 0.0592. The molecule has 0 aliphatic carbocycles. The third kappa shape index (κ3) is 6.87. The number of hydrogen-bond acceptors (Lipinski definition) is 8. The lowest BCUT2D eigenvalue weighted by Gasteiger charge is -2.32. The topological polar surface area (TPSA) is 89.5 Å². The first-order valence-corrected chi connectivity index (χ1v) is 9.16. The molecule has 8 nitrogen and oxygen atoms in total. The predicted octanol–water partition coefficient (Wildman–Crippen LogP) is 1.85. The van der Waals surface area contributed by atoms with E-state index in [0.29, 0.717) is 19.8 Å². The third-order valence-electron chi connectivity index (χ3n) is 4.29. The van der Waals surface area contributed by atoms with Crippen molar-refractivity contribution in [2.75, 3.05) is 33.5 Å². The fraction of sp³-hybridized carbons (Fsp3) is 0.600.